The smallest absolute Gasteiger partial charge is 0.462 e. The number of aliphatic hydroxyl groups is 5. The molecule has 1 rings (SSSR count). The Hall–Kier alpha value is -2.97. The van der Waals surface area contributed by atoms with Crippen molar-refractivity contribution in [2.75, 3.05) is 13.2 Å². The lowest BCUT2D eigenvalue weighted by Crippen LogP contribution is -2.64. The Morgan fingerprint density at radius 3 is 1.52 bits per heavy atom. The number of hydrogen-bond donors (Lipinski definition) is 6. The molecule has 0 aromatic carbocycles. The summed E-state index contributed by atoms with van der Waals surface area (Å²) in [5.41, 5.74) is 0. The van der Waals surface area contributed by atoms with Gasteiger partial charge in [0.1, 0.15) is 43.2 Å². The van der Waals surface area contributed by atoms with Crippen LogP contribution in [0.1, 0.15) is 162 Å². The number of allylic oxidation sites excluding steroid dienone is 14. The van der Waals surface area contributed by atoms with Crippen molar-refractivity contribution in [1.82, 2.24) is 0 Å². The topological polar surface area (TPSA) is 210 Å². The lowest BCUT2D eigenvalue weighted by atomic mass is 9.85. The first kappa shape index (κ1) is 59.0. The van der Waals surface area contributed by atoms with Crippen molar-refractivity contribution in [1.29, 1.82) is 0 Å². The first-order valence-electron chi connectivity index (χ1n) is 24.0. The van der Waals surface area contributed by atoms with Gasteiger partial charge in [0.15, 0.2) is 6.10 Å². The van der Waals surface area contributed by atoms with Crippen LogP contribution in [-0.2, 0) is 32.7 Å². The molecule has 366 valence electrons. The Morgan fingerprint density at radius 1 is 0.516 bits per heavy atom. The zero-order valence-electron chi connectivity index (χ0n) is 38.8. The fourth-order valence-corrected chi connectivity index (χ4v) is 7.73. The summed E-state index contributed by atoms with van der Waals surface area (Å²) in [6.45, 7) is 3.08. The molecule has 0 saturated heterocycles. The average Bonchev–Trinajstić information content (AvgIpc) is 3.28. The van der Waals surface area contributed by atoms with Gasteiger partial charge in [-0.05, 0) is 57.8 Å². The number of hydrogen-bond acceptors (Lipinski definition) is 12. The van der Waals surface area contributed by atoms with Crippen molar-refractivity contribution in [3.8, 4) is 0 Å². The highest BCUT2D eigenvalue weighted by Gasteiger charge is 2.51. The molecule has 1 fully saturated rings. The SMILES string of the molecule is CC/C=C/C=C/C=C/C=C/C=C/CCCC(=O)OC(COC(=O)CCCCCCCCC/C=C/C/C=C/CCCCCCCCCC)COP(=O)(O)OC1C(O)C(O)C(O)[C@H](O)C1O. The second-order valence-electron chi connectivity index (χ2n) is 16.3. The molecule has 6 N–H and O–H groups in total. The Morgan fingerprint density at radius 2 is 0.969 bits per heavy atom. The van der Waals surface area contributed by atoms with E-state index in [1.165, 1.54) is 57.8 Å². The zero-order chi connectivity index (χ0) is 47.1. The van der Waals surface area contributed by atoms with Gasteiger partial charge in [0.2, 0.25) is 0 Å². The predicted octanol–water partition coefficient (Wildman–Crippen LogP) is 9.67. The molecule has 0 radical (unpaired) electrons. The molecule has 0 aromatic heterocycles. The van der Waals surface area contributed by atoms with Gasteiger partial charge in [0.05, 0.1) is 6.61 Å². The highest BCUT2D eigenvalue weighted by Crippen LogP contribution is 2.47. The summed E-state index contributed by atoms with van der Waals surface area (Å²) in [7, 11) is -5.14. The highest BCUT2D eigenvalue weighted by atomic mass is 31.2. The van der Waals surface area contributed by atoms with Crippen LogP contribution in [0.25, 0.3) is 0 Å². The van der Waals surface area contributed by atoms with Crippen molar-refractivity contribution in [3.63, 3.8) is 0 Å². The first-order valence-corrected chi connectivity index (χ1v) is 25.5. The maximum Gasteiger partial charge on any atom is 0.472 e. The largest absolute Gasteiger partial charge is 0.472 e. The quantitative estimate of drug-likeness (QED) is 0.0112. The maximum absolute atomic E-state index is 12.8. The Labute approximate surface area is 384 Å². The van der Waals surface area contributed by atoms with E-state index in [0.717, 1.165) is 57.8 Å². The van der Waals surface area contributed by atoms with Crippen molar-refractivity contribution in [2.45, 2.75) is 204 Å². The predicted molar refractivity (Wildman–Crippen MR) is 253 cm³/mol. The van der Waals surface area contributed by atoms with Crippen molar-refractivity contribution >= 4 is 19.8 Å². The average molecular weight is 923 g/mol. The van der Waals surface area contributed by atoms with E-state index in [2.05, 4.69) is 44.2 Å². The van der Waals surface area contributed by atoms with Crippen LogP contribution < -0.4 is 0 Å². The van der Waals surface area contributed by atoms with E-state index in [9.17, 15) is 44.6 Å². The van der Waals surface area contributed by atoms with Crippen molar-refractivity contribution in [3.05, 3.63) is 85.1 Å². The molecule has 1 aliphatic carbocycles. The molecule has 14 heteroatoms. The third kappa shape index (κ3) is 31.0. The van der Waals surface area contributed by atoms with Crippen LogP contribution >= 0.6 is 7.82 Å². The number of carbonyl (C=O) groups is 2. The monoisotopic (exact) mass is 923 g/mol. The second kappa shape index (κ2) is 39.2. The fourth-order valence-electron chi connectivity index (χ4n) is 6.76. The molecule has 0 aromatic rings. The lowest BCUT2D eigenvalue weighted by Gasteiger charge is -2.41. The van der Waals surface area contributed by atoms with E-state index in [4.69, 9.17) is 18.5 Å². The third-order valence-corrected chi connectivity index (χ3v) is 11.6. The molecule has 13 nitrogen and oxygen atoms in total. The normalized spacial score (nSPS) is 22.3. The molecule has 0 amide bonds. The number of unbranched alkanes of at least 4 members (excludes halogenated alkanes) is 16. The van der Waals surface area contributed by atoms with Gasteiger partial charge in [-0.2, -0.15) is 0 Å². The third-order valence-electron chi connectivity index (χ3n) is 10.6. The van der Waals surface area contributed by atoms with Crippen LogP contribution in [0.5, 0.6) is 0 Å². The Balaban J connectivity index is 2.44. The summed E-state index contributed by atoms with van der Waals surface area (Å²) in [5, 5.41) is 50.1. The summed E-state index contributed by atoms with van der Waals surface area (Å²) < 4.78 is 33.4. The molecule has 1 saturated carbocycles. The van der Waals surface area contributed by atoms with E-state index in [-0.39, 0.29) is 12.8 Å². The van der Waals surface area contributed by atoms with Crippen LogP contribution in [0.4, 0.5) is 0 Å². The molecule has 0 bridgehead atoms. The van der Waals surface area contributed by atoms with E-state index in [1.54, 1.807) is 0 Å². The number of phosphoric ester groups is 1. The minimum absolute atomic E-state index is 0.00586. The molecule has 8 atom stereocenters. The van der Waals surface area contributed by atoms with Crippen molar-refractivity contribution < 1.29 is 63.1 Å². The van der Waals surface area contributed by atoms with Gasteiger partial charge in [0, 0.05) is 12.8 Å². The zero-order valence-corrected chi connectivity index (χ0v) is 39.7. The van der Waals surface area contributed by atoms with Gasteiger partial charge < -0.3 is 39.9 Å². The van der Waals surface area contributed by atoms with Crippen LogP contribution in [0, 0.1) is 0 Å². The molecule has 1 aliphatic rings. The van der Waals surface area contributed by atoms with Gasteiger partial charge >= 0.3 is 19.8 Å². The number of ether oxygens (including phenoxy) is 2. The number of esters is 2. The fraction of sp³-hybridized carbons (Fsp3) is 0.680. The molecule has 7 unspecified atom stereocenters. The van der Waals surface area contributed by atoms with E-state index < -0.39 is 75.7 Å². The van der Waals surface area contributed by atoms with Gasteiger partial charge in [-0.15, -0.1) is 0 Å². The van der Waals surface area contributed by atoms with E-state index in [1.807, 2.05) is 54.7 Å². The molecular weight excluding hydrogens is 840 g/mol. The number of carbonyl (C=O) groups excluding carboxylic acids is 2. The molecular formula is C50H83O13P. The summed E-state index contributed by atoms with van der Waals surface area (Å²) in [6.07, 6.45) is 38.0. The summed E-state index contributed by atoms with van der Waals surface area (Å²) in [5.74, 6) is -1.20. The Bertz CT molecular complexity index is 1440. The summed E-state index contributed by atoms with van der Waals surface area (Å²) >= 11 is 0. The first-order chi connectivity index (χ1) is 30.9. The Kier molecular flexibility index (Phi) is 36.2. The minimum atomic E-state index is -5.14. The van der Waals surface area contributed by atoms with Crippen LogP contribution in [0.3, 0.4) is 0 Å². The number of rotatable bonds is 38. The van der Waals surface area contributed by atoms with Crippen molar-refractivity contribution in [2.24, 2.45) is 0 Å². The van der Waals surface area contributed by atoms with Gasteiger partial charge in [-0.25, -0.2) is 4.57 Å². The van der Waals surface area contributed by atoms with Crippen LogP contribution in [-0.4, -0.2) is 98.3 Å². The highest BCUT2D eigenvalue weighted by molar-refractivity contribution is 7.47. The van der Waals surface area contributed by atoms with E-state index in [0.29, 0.717) is 19.3 Å². The second-order valence-corrected chi connectivity index (χ2v) is 17.8. The minimum Gasteiger partial charge on any atom is -0.462 e. The molecule has 0 heterocycles. The van der Waals surface area contributed by atoms with Gasteiger partial charge in [0.25, 0.3) is 0 Å². The number of phosphoric acid groups is 1. The molecule has 64 heavy (non-hydrogen) atoms. The summed E-state index contributed by atoms with van der Waals surface area (Å²) in [4.78, 5) is 35.7. The standard InChI is InChI=1S/C50H83O13P/c1-3-5-7-9-11-13-15-17-18-19-20-21-22-23-24-25-27-28-30-32-34-36-38-43(51)60-40-42(41-61-64(58,59)63-50-48(56)46(54)45(53)47(55)49(50)57)62-44(52)39-37-35-33-31-29-26-16-14-12-10-8-6-4-2/h6,8,10,12,14,16,19-20,22-23,26,29,31,33,42,45-50,53-57H,3-5,7,9,11,13,15,17-18,21,24-25,27-28,30,32,34-41H2,1-2H3,(H,58,59)/b8-6+,12-10+,16-14+,20-19+,23-22+,29-26+,33-31+/t42?,45?,46-,47?,48?,49?,50?/m0/s1. The molecule has 0 aliphatic heterocycles. The lowest BCUT2D eigenvalue weighted by molar-refractivity contribution is -0.220. The number of aliphatic hydroxyl groups excluding tert-OH is 5. The van der Waals surface area contributed by atoms with Gasteiger partial charge in [-0.1, -0.05) is 176 Å². The van der Waals surface area contributed by atoms with Crippen LogP contribution in [0.2, 0.25) is 0 Å². The maximum atomic E-state index is 12.8. The summed E-state index contributed by atoms with van der Waals surface area (Å²) in [6, 6.07) is 0. The van der Waals surface area contributed by atoms with Gasteiger partial charge in [-0.3, -0.25) is 18.6 Å². The molecule has 0 spiro atoms. The van der Waals surface area contributed by atoms with E-state index >= 15 is 0 Å². The van der Waals surface area contributed by atoms with Crippen LogP contribution in [0.15, 0.2) is 85.1 Å².